The highest BCUT2D eigenvalue weighted by Crippen LogP contribution is 2.25. The molecule has 1 N–H and O–H groups in total. The SMILES string of the molecule is COc1ccccc1/C=C/C(=O)NCCOc1ccccc1OC. The molecule has 0 atom stereocenters. The lowest BCUT2D eigenvalue weighted by Gasteiger charge is -2.10. The van der Waals surface area contributed by atoms with E-state index >= 15 is 0 Å². The lowest BCUT2D eigenvalue weighted by Crippen LogP contribution is -2.26. The van der Waals surface area contributed by atoms with Crippen molar-refractivity contribution in [1.29, 1.82) is 0 Å². The molecule has 0 saturated carbocycles. The summed E-state index contributed by atoms with van der Waals surface area (Å²) >= 11 is 0. The van der Waals surface area contributed by atoms with Crippen LogP contribution in [0.5, 0.6) is 17.2 Å². The van der Waals surface area contributed by atoms with Gasteiger partial charge in [0.15, 0.2) is 11.5 Å². The van der Waals surface area contributed by atoms with Gasteiger partial charge in [-0.05, 0) is 24.3 Å². The second-order valence-electron chi connectivity index (χ2n) is 4.87. The maximum atomic E-state index is 11.8. The summed E-state index contributed by atoms with van der Waals surface area (Å²) in [5.74, 6) is 1.85. The van der Waals surface area contributed by atoms with E-state index in [4.69, 9.17) is 14.2 Å². The predicted octanol–water partition coefficient (Wildman–Crippen LogP) is 2.91. The van der Waals surface area contributed by atoms with Crippen molar-refractivity contribution < 1.29 is 19.0 Å². The normalized spacial score (nSPS) is 10.4. The summed E-state index contributed by atoms with van der Waals surface area (Å²) in [6, 6.07) is 14.9. The molecular formula is C19H21NO4. The fourth-order valence-corrected chi connectivity index (χ4v) is 2.10. The summed E-state index contributed by atoms with van der Waals surface area (Å²) in [5, 5.41) is 2.77. The van der Waals surface area contributed by atoms with Gasteiger partial charge in [-0.2, -0.15) is 0 Å². The van der Waals surface area contributed by atoms with E-state index in [9.17, 15) is 4.79 Å². The van der Waals surface area contributed by atoms with Crippen LogP contribution >= 0.6 is 0 Å². The predicted molar refractivity (Wildman–Crippen MR) is 93.5 cm³/mol. The van der Waals surface area contributed by atoms with Crippen molar-refractivity contribution in [3.05, 3.63) is 60.2 Å². The Bertz CT molecular complexity index is 697. The number of hydrogen-bond donors (Lipinski definition) is 1. The lowest BCUT2D eigenvalue weighted by molar-refractivity contribution is -0.116. The van der Waals surface area contributed by atoms with Crippen molar-refractivity contribution in [1.82, 2.24) is 5.32 Å². The lowest BCUT2D eigenvalue weighted by atomic mass is 10.2. The molecule has 5 heteroatoms. The number of amides is 1. The van der Waals surface area contributed by atoms with Crippen molar-refractivity contribution in [3.8, 4) is 17.2 Å². The zero-order valence-corrected chi connectivity index (χ0v) is 13.8. The molecule has 2 aromatic carbocycles. The molecule has 0 radical (unpaired) electrons. The average Bonchev–Trinajstić information content (AvgIpc) is 2.64. The fourth-order valence-electron chi connectivity index (χ4n) is 2.10. The summed E-state index contributed by atoms with van der Waals surface area (Å²) in [4.78, 5) is 11.8. The molecular weight excluding hydrogens is 306 g/mol. The van der Waals surface area contributed by atoms with E-state index in [0.717, 1.165) is 11.3 Å². The van der Waals surface area contributed by atoms with Gasteiger partial charge in [0.05, 0.1) is 20.8 Å². The van der Waals surface area contributed by atoms with Gasteiger partial charge in [0, 0.05) is 11.6 Å². The third kappa shape index (κ3) is 5.05. The zero-order valence-electron chi connectivity index (χ0n) is 13.8. The Balaban J connectivity index is 1.78. The fraction of sp³-hybridized carbons (Fsp3) is 0.211. The number of benzene rings is 2. The van der Waals surface area contributed by atoms with E-state index in [-0.39, 0.29) is 5.91 Å². The Morgan fingerprint density at radius 3 is 2.29 bits per heavy atom. The summed E-state index contributed by atoms with van der Waals surface area (Å²) in [6.07, 6.45) is 3.19. The quantitative estimate of drug-likeness (QED) is 0.598. The third-order valence-corrected chi connectivity index (χ3v) is 3.28. The Morgan fingerprint density at radius 1 is 0.958 bits per heavy atom. The molecule has 1 amide bonds. The molecule has 2 aromatic rings. The number of carbonyl (C=O) groups is 1. The van der Waals surface area contributed by atoms with Crippen LogP contribution < -0.4 is 19.5 Å². The first-order chi connectivity index (χ1) is 11.7. The van der Waals surface area contributed by atoms with Crippen LogP contribution in [0.3, 0.4) is 0 Å². The van der Waals surface area contributed by atoms with Crippen LogP contribution in [0.1, 0.15) is 5.56 Å². The topological polar surface area (TPSA) is 56.8 Å². The Hall–Kier alpha value is -2.95. The van der Waals surface area contributed by atoms with E-state index in [1.165, 1.54) is 6.08 Å². The molecule has 0 saturated heterocycles. The number of methoxy groups -OCH3 is 2. The molecule has 24 heavy (non-hydrogen) atoms. The Labute approximate surface area is 141 Å². The molecule has 0 heterocycles. The molecule has 126 valence electrons. The largest absolute Gasteiger partial charge is 0.496 e. The Kier molecular flexibility index (Phi) is 6.71. The highest BCUT2D eigenvalue weighted by Gasteiger charge is 2.03. The van der Waals surface area contributed by atoms with E-state index in [0.29, 0.717) is 24.7 Å². The summed E-state index contributed by atoms with van der Waals surface area (Å²) < 4.78 is 16.0. The van der Waals surface area contributed by atoms with Crippen molar-refractivity contribution in [2.45, 2.75) is 0 Å². The number of rotatable bonds is 8. The van der Waals surface area contributed by atoms with Crippen molar-refractivity contribution in [3.63, 3.8) is 0 Å². The van der Waals surface area contributed by atoms with Gasteiger partial charge in [0.25, 0.3) is 0 Å². The molecule has 0 bridgehead atoms. The zero-order chi connectivity index (χ0) is 17.2. The van der Waals surface area contributed by atoms with Gasteiger partial charge in [-0.1, -0.05) is 30.3 Å². The third-order valence-electron chi connectivity index (χ3n) is 3.28. The maximum absolute atomic E-state index is 11.8. The highest BCUT2D eigenvalue weighted by molar-refractivity contribution is 5.92. The molecule has 5 nitrogen and oxygen atoms in total. The minimum atomic E-state index is -0.190. The van der Waals surface area contributed by atoms with Crippen LogP contribution in [0.25, 0.3) is 6.08 Å². The first kappa shape index (κ1) is 17.4. The van der Waals surface area contributed by atoms with Gasteiger partial charge in [-0.15, -0.1) is 0 Å². The van der Waals surface area contributed by atoms with Crippen LogP contribution in [-0.4, -0.2) is 33.3 Å². The summed E-state index contributed by atoms with van der Waals surface area (Å²) in [6.45, 7) is 0.752. The molecule has 0 aromatic heterocycles. The van der Waals surface area contributed by atoms with Crippen molar-refractivity contribution in [2.24, 2.45) is 0 Å². The Morgan fingerprint density at radius 2 is 1.58 bits per heavy atom. The maximum Gasteiger partial charge on any atom is 0.244 e. The van der Waals surface area contributed by atoms with Crippen molar-refractivity contribution >= 4 is 12.0 Å². The summed E-state index contributed by atoms with van der Waals surface area (Å²) in [7, 11) is 3.19. The molecule has 0 aliphatic rings. The monoisotopic (exact) mass is 327 g/mol. The van der Waals surface area contributed by atoms with Crippen LogP contribution in [0.4, 0.5) is 0 Å². The van der Waals surface area contributed by atoms with Crippen molar-refractivity contribution in [2.75, 3.05) is 27.4 Å². The van der Waals surface area contributed by atoms with Gasteiger partial charge in [0.2, 0.25) is 5.91 Å². The first-order valence-corrected chi connectivity index (χ1v) is 7.59. The molecule has 0 aliphatic carbocycles. The number of hydrogen-bond acceptors (Lipinski definition) is 4. The second-order valence-corrected chi connectivity index (χ2v) is 4.87. The number of ether oxygens (including phenoxy) is 3. The minimum absolute atomic E-state index is 0.190. The molecule has 0 spiro atoms. The first-order valence-electron chi connectivity index (χ1n) is 7.59. The second kappa shape index (κ2) is 9.25. The van der Waals surface area contributed by atoms with Gasteiger partial charge < -0.3 is 19.5 Å². The molecule has 0 fully saturated rings. The summed E-state index contributed by atoms with van der Waals surface area (Å²) in [5.41, 5.74) is 0.848. The van der Waals surface area contributed by atoms with Crippen LogP contribution in [0.15, 0.2) is 54.6 Å². The molecule has 2 rings (SSSR count). The number of para-hydroxylation sites is 3. The van der Waals surface area contributed by atoms with Gasteiger partial charge in [0.1, 0.15) is 12.4 Å². The van der Waals surface area contributed by atoms with Crippen LogP contribution in [0, 0.1) is 0 Å². The minimum Gasteiger partial charge on any atom is -0.496 e. The van der Waals surface area contributed by atoms with Gasteiger partial charge in [-0.3, -0.25) is 4.79 Å². The average molecular weight is 327 g/mol. The standard InChI is InChI=1S/C19H21NO4/c1-22-16-8-4-3-7-15(16)11-12-19(21)20-13-14-24-18-10-6-5-9-17(18)23-2/h3-12H,13-14H2,1-2H3,(H,20,21)/b12-11+. The number of nitrogens with one attached hydrogen (secondary N) is 1. The van der Waals surface area contributed by atoms with E-state index in [1.54, 1.807) is 20.3 Å². The van der Waals surface area contributed by atoms with Gasteiger partial charge in [-0.25, -0.2) is 0 Å². The van der Waals surface area contributed by atoms with Gasteiger partial charge >= 0.3 is 0 Å². The van der Waals surface area contributed by atoms with Crippen LogP contribution in [0.2, 0.25) is 0 Å². The smallest absolute Gasteiger partial charge is 0.244 e. The van der Waals surface area contributed by atoms with E-state index < -0.39 is 0 Å². The highest BCUT2D eigenvalue weighted by atomic mass is 16.5. The number of carbonyl (C=O) groups excluding carboxylic acids is 1. The molecule has 0 aliphatic heterocycles. The van der Waals surface area contributed by atoms with E-state index in [2.05, 4.69) is 5.32 Å². The van der Waals surface area contributed by atoms with Crippen LogP contribution in [-0.2, 0) is 4.79 Å². The molecule has 0 unspecified atom stereocenters. The van der Waals surface area contributed by atoms with E-state index in [1.807, 2.05) is 48.5 Å².